The van der Waals surface area contributed by atoms with Crippen LogP contribution in [0.15, 0.2) is 78.2 Å². The molecule has 0 spiro atoms. The molecule has 148 valence electrons. The first-order chi connectivity index (χ1) is 14.4. The summed E-state index contributed by atoms with van der Waals surface area (Å²) in [6.45, 7) is 3.74. The number of rotatable bonds is 4. The highest BCUT2D eigenvalue weighted by atomic mass is 32.2. The molecule has 30 heavy (non-hydrogen) atoms. The van der Waals surface area contributed by atoms with Crippen LogP contribution < -0.4 is 0 Å². The van der Waals surface area contributed by atoms with E-state index in [1.165, 1.54) is 39.9 Å². The van der Waals surface area contributed by atoms with Crippen molar-refractivity contribution in [2.24, 2.45) is 0 Å². The topological polar surface area (TPSA) is 26.3 Å². The van der Waals surface area contributed by atoms with Gasteiger partial charge in [-0.15, -0.1) is 6.42 Å². The summed E-state index contributed by atoms with van der Waals surface area (Å²) in [4.78, 5) is 13.9. The van der Waals surface area contributed by atoms with Gasteiger partial charge in [-0.2, -0.15) is 0 Å². The summed E-state index contributed by atoms with van der Waals surface area (Å²) < 4.78 is 20.1. The monoisotopic (exact) mass is 415 g/mol. The number of hydrogen-bond donors (Lipinski definition) is 0. The van der Waals surface area contributed by atoms with Gasteiger partial charge in [-0.3, -0.25) is 0 Å². The minimum atomic E-state index is -1.28. The normalized spacial score (nSPS) is 13.5. The lowest BCUT2D eigenvalue weighted by atomic mass is 9.96. The number of ether oxygens (including phenoxy) is 1. The molecule has 2 atom stereocenters. The van der Waals surface area contributed by atoms with Gasteiger partial charge in [0.1, 0.15) is 11.2 Å². The Kier molecular flexibility index (Phi) is 5.15. The van der Waals surface area contributed by atoms with Crippen LogP contribution in [-0.4, -0.2) is 5.97 Å². The van der Waals surface area contributed by atoms with E-state index in [-0.39, 0.29) is 16.3 Å². The molecule has 2 unspecified atom stereocenters. The minimum Gasteiger partial charge on any atom is -0.438 e. The Balaban J connectivity index is 1.60. The maximum absolute atomic E-state index is 13.2. The molecule has 4 rings (SSSR count). The second-order valence-electron chi connectivity index (χ2n) is 7.23. The molecule has 3 aromatic carbocycles. The smallest absolute Gasteiger partial charge is 0.339 e. The third kappa shape index (κ3) is 3.60. The summed E-state index contributed by atoms with van der Waals surface area (Å²) in [7, 11) is -0.152. The van der Waals surface area contributed by atoms with Gasteiger partial charge in [-0.1, -0.05) is 30.2 Å². The van der Waals surface area contributed by atoms with E-state index in [0.717, 1.165) is 4.90 Å². The predicted molar refractivity (Wildman–Crippen MR) is 121 cm³/mol. The number of carbonyl (C=O) groups excluding carboxylic acids is 1. The Hall–Kier alpha value is -3.42. The van der Waals surface area contributed by atoms with Gasteiger partial charge in [0.15, 0.2) is 15.2 Å². The van der Waals surface area contributed by atoms with Crippen molar-refractivity contribution < 1.29 is 13.9 Å². The lowest BCUT2D eigenvalue weighted by Crippen LogP contribution is -2.27. The first-order valence-corrected chi connectivity index (χ1v) is 10.8. The molecule has 2 nitrogen and oxygen atoms in total. The largest absolute Gasteiger partial charge is 0.438 e. The van der Waals surface area contributed by atoms with E-state index in [9.17, 15) is 9.18 Å². The fourth-order valence-electron chi connectivity index (χ4n) is 3.40. The van der Waals surface area contributed by atoms with E-state index in [0.29, 0.717) is 11.1 Å². The van der Waals surface area contributed by atoms with Crippen molar-refractivity contribution in [2.45, 2.75) is 19.4 Å². The maximum Gasteiger partial charge on any atom is 0.339 e. The molecule has 0 aliphatic heterocycles. The molecular weight excluding hydrogens is 395 g/mol. The molecule has 4 aromatic rings. The van der Waals surface area contributed by atoms with E-state index in [4.69, 9.17) is 11.2 Å². The van der Waals surface area contributed by atoms with E-state index in [1.54, 1.807) is 19.1 Å². The van der Waals surface area contributed by atoms with Crippen molar-refractivity contribution in [3.05, 3.63) is 101 Å². The van der Waals surface area contributed by atoms with Crippen LogP contribution in [0.2, 0.25) is 0 Å². The van der Waals surface area contributed by atoms with Crippen molar-refractivity contribution in [1.29, 1.82) is 0 Å². The Morgan fingerprint density at radius 3 is 2.37 bits per heavy atom. The van der Waals surface area contributed by atoms with Crippen molar-refractivity contribution >= 4 is 26.5 Å². The number of terminal acetylenes is 1. The molecule has 0 N–H and O–H groups in total. The first-order valence-electron chi connectivity index (χ1n) is 9.49. The van der Waals surface area contributed by atoms with E-state index >= 15 is 0 Å². The highest BCUT2D eigenvalue weighted by Gasteiger charge is 2.29. The van der Waals surface area contributed by atoms with Crippen LogP contribution in [-0.2, 0) is 10.3 Å². The molecule has 0 radical (unpaired) electrons. The van der Waals surface area contributed by atoms with Gasteiger partial charge in [-0.05, 0) is 62.4 Å². The molecule has 0 saturated carbocycles. The van der Waals surface area contributed by atoms with Crippen LogP contribution >= 0.6 is 10.5 Å². The standard InChI is InChI=1S/C26H20FO2S/c1-4-26(3,20-11-13-21(27)14-12-20)29-25(28)19-9-15-22(16-10-19)30-17-18(2)23-7-5-6-8-24(23)30/h1,5-17H,2-3H3/q+1. The van der Waals surface area contributed by atoms with Gasteiger partial charge in [0.25, 0.3) is 0 Å². The van der Waals surface area contributed by atoms with E-state index < -0.39 is 11.6 Å². The third-order valence-electron chi connectivity index (χ3n) is 5.15. The van der Waals surface area contributed by atoms with Crippen LogP contribution in [0, 0.1) is 25.1 Å². The quantitative estimate of drug-likeness (QED) is 0.210. The van der Waals surface area contributed by atoms with Crippen LogP contribution in [0.25, 0.3) is 15.0 Å². The van der Waals surface area contributed by atoms with Crippen LogP contribution in [0.4, 0.5) is 4.39 Å². The summed E-state index contributed by atoms with van der Waals surface area (Å²) in [5, 5.41) is 3.54. The lowest BCUT2D eigenvalue weighted by Gasteiger charge is -2.24. The number of halogens is 1. The number of fused-ring (bicyclic) bond motifs is 1. The highest BCUT2D eigenvalue weighted by molar-refractivity contribution is 7.43. The van der Waals surface area contributed by atoms with E-state index in [2.05, 4.69) is 30.4 Å². The maximum atomic E-state index is 13.2. The van der Waals surface area contributed by atoms with Gasteiger partial charge in [0.2, 0.25) is 0 Å². The van der Waals surface area contributed by atoms with Crippen LogP contribution in [0.3, 0.4) is 0 Å². The van der Waals surface area contributed by atoms with Gasteiger partial charge < -0.3 is 4.74 Å². The van der Waals surface area contributed by atoms with Crippen LogP contribution in [0.1, 0.15) is 28.4 Å². The van der Waals surface area contributed by atoms with Crippen molar-refractivity contribution in [3.8, 4) is 17.2 Å². The first kappa shape index (κ1) is 19.9. The number of esters is 1. The van der Waals surface area contributed by atoms with E-state index in [1.807, 2.05) is 24.3 Å². The molecule has 0 amide bonds. The van der Waals surface area contributed by atoms with Crippen molar-refractivity contribution in [2.75, 3.05) is 0 Å². The van der Waals surface area contributed by atoms with Gasteiger partial charge >= 0.3 is 5.97 Å². The number of benzene rings is 3. The van der Waals surface area contributed by atoms with Crippen molar-refractivity contribution in [1.82, 2.24) is 0 Å². The minimum absolute atomic E-state index is 0.152. The van der Waals surface area contributed by atoms with Gasteiger partial charge in [0.05, 0.1) is 5.56 Å². The summed E-state index contributed by atoms with van der Waals surface area (Å²) in [6, 6.07) is 21.5. The average Bonchev–Trinajstić information content (AvgIpc) is 3.11. The average molecular weight is 416 g/mol. The van der Waals surface area contributed by atoms with Crippen LogP contribution in [0.5, 0.6) is 0 Å². The molecule has 1 aromatic heterocycles. The fraction of sp³-hybridized carbons (Fsp3) is 0.115. The molecular formula is C26H20FO2S+. The molecule has 1 heterocycles. The number of hydrogen-bond acceptors (Lipinski definition) is 2. The second-order valence-corrected chi connectivity index (χ2v) is 9.06. The zero-order chi connectivity index (χ0) is 21.3. The Bertz CT molecular complexity index is 1260. The molecule has 0 aliphatic rings. The molecule has 4 heteroatoms. The highest BCUT2D eigenvalue weighted by Crippen LogP contribution is 2.41. The van der Waals surface area contributed by atoms with Gasteiger partial charge in [-0.25, -0.2) is 9.18 Å². The molecule has 0 saturated heterocycles. The zero-order valence-corrected chi connectivity index (χ0v) is 17.5. The SMILES string of the molecule is C#CC(C)(OC(=O)c1ccc(-[s+]2cc(C)c3ccccc32)cc1)c1ccc(F)cc1. The fourth-order valence-corrected chi connectivity index (χ4v) is 5.52. The Morgan fingerprint density at radius 1 is 1.03 bits per heavy atom. The zero-order valence-electron chi connectivity index (χ0n) is 16.7. The predicted octanol–water partition coefficient (Wildman–Crippen LogP) is 6.73. The second kappa shape index (κ2) is 7.78. The van der Waals surface area contributed by atoms with Crippen molar-refractivity contribution in [3.63, 3.8) is 0 Å². The number of thiophene rings is 1. The lowest BCUT2D eigenvalue weighted by molar-refractivity contribution is 0.0129. The van der Waals surface area contributed by atoms with Gasteiger partial charge in [0, 0.05) is 27.0 Å². The number of carbonyl (C=O) groups is 1. The molecule has 0 bridgehead atoms. The Labute approximate surface area is 177 Å². The number of aryl methyl sites for hydroxylation is 1. The summed E-state index contributed by atoms with van der Waals surface area (Å²) >= 11 is 0. The third-order valence-corrected chi connectivity index (χ3v) is 7.35. The summed E-state index contributed by atoms with van der Waals surface area (Å²) in [6.07, 6.45) is 5.64. The Morgan fingerprint density at radius 2 is 1.70 bits per heavy atom. The summed E-state index contributed by atoms with van der Waals surface area (Å²) in [5.74, 6) is 1.62. The molecule has 0 fully saturated rings. The summed E-state index contributed by atoms with van der Waals surface area (Å²) in [5.41, 5.74) is 0.941. The molecule has 0 aliphatic carbocycles.